The summed E-state index contributed by atoms with van der Waals surface area (Å²) >= 11 is 17.0. The van der Waals surface area contributed by atoms with Gasteiger partial charge in [-0.05, 0) is 73.4 Å². The lowest BCUT2D eigenvalue weighted by molar-refractivity contribution is -0.140. The third-order valence-corrected chi connectivity index (χ3v) is 6.01. The van der Waals surface area contributed by atoms with E-state index < -0.39 is 22.5 Å². The molecule has 16 heteroatoms. The lowest BCUT2D eigenvalue weighted by Gasteiger charge is -2.03. The van der Waals surface area contributed by atoms with Gasteiger partial charge in [0.25, 0.3) is 0 Å². The normalized spacial score (nSPS) is 11.2. The summed E-state index contributed by atoms with van der Waals surface area (Å²) in [5, 5.41) is 27.6. The molecule has 268 valence electrons. The average Bonchev–Trinajstić information content (AvgIpc) is 2.99. The Morgan fingerprint density at radius 2 is 1.02 bits per heavy atom. The minimum absolute atomic E-state index is 0.0527. The van der Waals surface area contributed by atoms with E-state index in [1.807, 2.05) is 12.1 Å². The van der Waals surface area contributed by atoms with Crippen molar-refractivity contribution in [3.8, 4) is 0 Å². The van der Waals surface area contributed by atoms with Gasteiger partial charge in [-0.15, -0.1) is 0 Å². The number of carboxylic acids is 1. The van der Waals surface area contributed by atoms with Gasteiger partial charge in [-0.1, -0.05) is 71.2 Å². The second kappa shape index (κ2) is 26.8. The molecule has 2 unspecified atom stereocenters. The van der Waals surface area contributed by atoms with Crippen molar-refractivity contribution in [1.29, 1.82) is 0 Å². The molecule has 0 saturated heterocycles. The van der Waals surface area contributed by atoms with Crippen LogP contribution in [0.5, 0.6) is 0 Å². The maximum atomic E-state index is 11.5. The molecule has 3 rings (SSSR count). The number of ether oxygens (including phenoxy) is 1. The molecule has 0 radical (unpaired) electrons. The summed E-state index contributed by atoms with van der Waals surface area (Å²) in [5.41, 5.74) is 7.56. The topological polar surface area (TPSA) is 222 Å². The van der Waals surface area contributed by atoms with E-state index in [1.165, 1.54) is 7.11 Å². The summed E-state index contributed by atoms with van der Waals surface area (Å²) in [6.45, 7) is 3.70. The molecule has 7 N–H and O–H groups in total. The van der Waals surface area contributed by atoms with E-state index in [4.69, 9.17) is 73.4 Å². The predicted octanol–water partition coefficient (Wildman–Crippen LogP) is 5.31. The number of aliphatic hydroxyl groups is 2. The number of esters is 1. The highest BCUT2D eigenvalue weighted by Gasteiger charge is 2.06. The van der Waals surface area contributed by atoms with Crippen LogP contribution in [0.15, 0.2) is 72.8 Å². The first kappa shape index (κ1) is 47.0. The number of rotatable bonds is 10. The van der Waals surface area contributed by atoms with Crippen LogP contribution in [0.25, 0.3) is 0 Å². The molecule has 12 nitrogen and oxygen atoms in total. The van der Waals surface area contributed by atoms with Gasteiger partial charge in [0.05, 0.1) is 32.2 Å². The molecule has 0 aromatic heterocycles. The molecule has 0 fully saturated rings. The average molecular weight is 755 g/mol. The van der Waals surface area contributed by atoms with Crippen LogP contribution < -0.4 is 5.73 Å². The van der Waals surface area contributed by atoms with E-state index in [-0.39, 0.29) is 24.3 Å². The van der Waals surface area contributed by atoms with Gasteiger partial charge in [-0.2, -0.15) is 8.42 Å². The Bertz CT molecular complexity index is 1430. The third-order valence-electron chi connectivity index (χ3n) is 5.25. The summed E-state index contributed by atoms with van der Waals surface area (Å²) in [6.07, 6.45) is 0.996. The fourth-order valence-electron chi connectivity index (χ4n) is 2.91. The maximum absolute atomic E-state index is 11.5. The standard InChI is InChI=1S/C12H15ClO2.C9H9ClO2.C8H7ClO2.C3H9NO.H2O4S/c1-9(14)2-7-12(15)8-10-3-5-11(13)6-4-10;1-12-9(11)6-7-2-4-8(10)5-3-7;9-7-3-1-6(2-4-7)5-8(10)11;1-3(5)2-4;1-5(2,3)4/h3-6,9,14H,2,7-8H2,1H3;2-5H,6H2,1H3;1-4H,5H2,(H,10,11);3,5H,2,4H2,1H3;(H2,1,2,3,4). The van der Waals surface area contributed by atoms with Crippen LogP contribution in [-0.2, 0) is 48.8 Å². The Hall–Kier alpha value is -3.11. The van der Waals surface area contributed by atoms with Crippen molar-refractivity contribution < 1.29 is 52.0 Å². The molecule has 0 aliphatic carbocycles. The second-order valence-corrected chi connectivity index (χ2v) is 12.0. The summed E-state index contributed by atoms with van der Waals surface area (Å²) in [6, 6.07) is 21.1. The number of aliphatic carboxylic acids is 1. The molecule has 0 amide bonds. The number of Topliss-reactive ketones (excluding diaryl/α,β-unsaturated/α-hetero) is 1. The van der Waals surface area contributed by atoms with E-state index in [2.05, 4.69) is 4.74 Å². The number of methoxy groups -OCH3 is 1. The number of halogens is 3. The van der Waals surface area contributed by atoms with Crippen molar-refractivity contribution in [2.75, 3.05) is 13.7 Å². The van der Waals surface area contributed by atoms with Crippen molar-refractivity contribution in [1.82, 2.24) is 0 Å². The number of aliphatic hydroxyl groups excluding tert-OH is 2. The highest BCUT2D eigenvalue weighted by molar-refractivity contribution is 7.79. The Morgan fingerprint density at radius 1 is 0.708 bits per heavy atom. The summed E-state index contributed by atoms with van der Waals surface area (Å²) < 4.78 is 36.1. The summed E-state index contributed by atoms with van der Waals surface area (Å²) in [4.78, 5) is 32.5. The number of carbonyl (C=O) groups is 3. The molecule has 3 aromatic rings. The molecular formula is C32H42Cl3NO11S. The Balaban J connectivity index is 0. The van der Waals surface area contributed by atoms with Crippen molar-refractivity contribution in [2.24, 2.45) is 5.73 Å². The number of benzene rings is 3. The molecule has 0 aliphatic rings. The zero-order valence-corrected chi connectivity index (χ0v) is 29.7. The SMILES string of the molecule is CC(O)CCC(=O)Cc1ccc(Cl)cc1.CC(O)CN.COC(=O)Cc1ccc(Cl)cc1.O=C(O)Cc1ccc(Cl)cc1.O=S(=O)(O)O. The lowest BCUT2D eigenvalue weighted by atomic mass is 10.0. The van der Waals surface area contributed by atoms with Crippen LogP contribution >= 0.6 is 34.8 Å². The molecular weight excluding hydrogens is 713 g/mol. The first-order valence-corrected chi connectivity index (χ1v) is 16.6. The molecule has 0 bridgehead atoms. The number of hydrogen-bond donors (Lipinski definition) is 6. The highest BCUT2D eigenvalue weighted by atomic mass is 35.5. The van der Waals surface area contributed by atoms with Crippen LogP contribution in [0.2, 0.25) is 15.1 Å². The van der Waals surface area contributed by atoms with Crippen LogP contribution in [0.4, 0.5) is 0 Å². The van der Waals surface area contributed by atoms with Gasteiger partial charge in [0.15, 0.2) is 0 Å². The van der Waals surface area contributed by atoms with Crippen molar-refractivity contribution in [3.63, 3.8) is 0 Å². The number of carbonyl (C=O) groups excluding carboxylic acids is 2. The van der Waals surface area contributed by atoms with Crippen molar-refractivity contribution in [2.45, 2.75) is 58.2 Å². The molecule has 0 aliphatic heterocycles. The number of ketones is 1. The Kier molecular flexibility index (Phi) is 26.2. The minimum atomic E-state index is -4.67. The van der Waals surface area contributed by atoms with Crippen LogP contribution in [0.1, 0.15) is 43.4 Å². The fraction of sp³-hybridized carbons (Fsp3) is 0.344. The second-order valence-electron chi connectivity index (χ2n) is 9.84. The van der Waals surface area contributed by atoms with E-state index in [0.29, 0.717) is 47.3 Å². The number of nitrogens with two attached hydrogens (primary N) is 1. The molecule has 0 spiro atoms. The van der Waals surface area contributed by atoms with Crippen LogP contribution in [0, 0.1) is 0 Å². The Morgan fingerprint density at radius 3 is 1.29 bits per heavy atom. The smallest absolute Gasteiger partial charge is 0.394 e. The van der Waals surface area contributed by atoms with Crippen LogP contribution in [-0.4, -0.2) is 76.4 Å². The summed E-state index contributed by atoms with van der Waals surface area (Å²) in [5.74, 6) is -0.914. The van der Waals surface area contributed by atoms with E-state index >= 15 is 0 Å². The van der Waals surface area contributed by atoms with Crippen molar-refractivity contribution in [3.05, 3.63) is 105 Å². The lowest BCUT2D eigenvalue weighted by Crippen LogP contribution is -2.14. The molecule has 0 heterocycles. The summed E-state index contributed by atoms with van der Waals surface area (Å²) in [7, 11) is -3.29. The van der Waals surface area contributed by atoms with Gasteiger partial charge in [0.1, 0.15) is 5.78 Å². The van der Waals surface area contributed by atoms with Gasteiger partial charge in [0, 0.05) is 34.5 Å². The molecule has 2 atom stereocenters. The van der Waals surface area contributed by atoms with Gasteiger partial charge >= 0.3 is 22.3 Å². The molecule has 3 aromatic carbocycles. The van der Waals surface area contributed by atoms with Gasteiger partial charge in [-0.25, -0.2) is 0 Å². The molecule has 0 saturated carbocycles. The van der Waals surface area contributed by atoms with E-state index in [9.17, 15) is 14.4 Å². The van der Waals surface area contributed by atoms with E-state index in [1.54, 1.807) is 74.5 Å². The molecule has 48 heavy (non-hydrogen) atoms. The van der Waals surface area contributed by atoms with Gasteiger partial charge in [-0.3, -0.25) is 23.5 Å². The number of hydrogen-bond acceptors (Lipinski definition) is 9. The minimum Gasteiger partial charge on any atom is -0.481 e. The zero-order valence-electron chi connectivity index (χ0n) is 26.6. The maximum Gasteiger partial charge on any atom is 0.394 e. The monoisotopic (exact) mass is 753 g/mol. The van der Waals surface area contributed by atoms with Crippen LogP contribution in [0.3, 0.4) is 0 Å². The first-order chi connectivity index (χ1) is 22.2. The number of carboxylic acid groups (broad SMARTS) is 1. The predicted molar refractivity (Wildman–Crippen MR) is 186 cm³/mol. The van der Waals surface area contributed by atoms with Gasteiger partial charge in [0.2, 0.25) is 0 Å². The fourth-order valence-corrected chi connectivity index (χ4v) is 3.28. The van der Waals surface area contributed by atoms with Gasteiger partial charge < -0.3 is 25.8 Å². The zero-order chi connectivity index (χ0) is 37.3. The highest BCUT2D eigenvalue weighted by Crippen LogP contribution is 2.12. The third kappa shape index (κ3) is 32.8. The largest absolute Gasteiger partial charge is 0.481 e. The first-order valence-electron chi connectivity index (χ1n) is 14.0. The van der Waals surface area contributed by atoms with Crippen molar-refractivity contribution >= 4 is 62.9 Å². The Labute approximate surface area is 296 Å². The quantitative estimate of drug-likeness (QED) is 0.115. The van der Waals surface area contributed by atoms with E-state index in [0.717, 1.165) is 16.7 Å².